The van der Waals surface area contributed by atoms with Gasteiger partial charge in [0.1, 0.15) is 0 Å². The first-order chi connectivity index (χ1) is 11.1. The van der Waals surface area contributed by atoms with Crippen molar-refractivity contribution in [3.63, 3.8) is 0 Å². The lowest BCUT2D eigenvalue weighted by molar-refractivity contribution is 0.295. The molecule has 3 nitrogen and oxygen atoms in total. The number of hydrogen-bond donors (Lipinski definition) is 2. The summed E-state index contributed by atoms with van der Waals surface area (Å²) in [6.45, 7) is 1.85. The standard InChI is InChI=1S/C17H18Cl2N2.CH5N/c1-20-13-5-3-11(4-6-13)15-9-21(2)10-16-14(15)7-12(18)8-17(16)19;1-2/h3-8,15,20H,9-10H2,1-2H3;2H2,1H3. The molecule has 1 aliphatic rings. The van der Waals surface area contributed by atoms with Crippen molar-refractivity contribution in [1.82, 2.24) is 4.90 Å². The SMILES string of the molecule is CN.CNc1ccc(C2CN(C)Cc3c(Cl)cc(Cl)cc32)cc1. The quantitative estimate of drug-likeness (QED) is 0.852. The molecule has 1 unspecified atom stereocenters. The van der Waals surface area contributed by atoms with Crippen LogP contribution in [0.15, 0.2) is 36.4 Å². The number of anilines is 1. The molecule has 124 valence electrons. The summed E-state index contributed by atoms with van der Waals surface area (Å²) < 4.78 is 0. The highest BCUT2D eigenvalue weighted by Crippen LogP contribution is 2.38. The highest BCUT2D eigenvalue weighted by atomic mass is 35.5. The van der Waals surface area contributed by atoms with Gasteiger partial charge in [0.2, 0.25) is 0 Å². The number of nitrogens with two attached hydrogens (primary N) is 1. The second kappa shape index (κ2) is 8.02. The van der Waals surface area contributed by atoms with Crippen molar-refractivity contribution in [2.24, 2.45) is 5.73 Å². The van der Waals surface area contributed by atoms with Crippen molar-refractivity contribution in [1.29, 1.82) is 0 Å². The molecule has 1 heterocycles. The van der Waals surface area contributed by atoms with Crippen LogP contribution < -0.4 is 11.1 Å². The van der Waals surface area contributed by atoms with Gasteiger partial charge in [0.05, 0.1) is 0 Å². The summed E-state index contributed by atoms with van der Waals surface area (Å²) in [6, 6.07) is 12.5. The van der Waals surface area contributed by atoms with Gasteiger partial charge in [-0.05, 0) is 55.1 Å². The summed E-state index contributed by atoms with van der Waals surface area (Å²) in [5, 5.41) is 4.62. The van der Waals surface area contributed by atoms with Gasteiger partial charge in [0, 0.05) is 41.8 Å². The summed E-state index contributed by atoms with van der Waals surface area (Å²) >= 11 is 12.6. The third-order valence-corrected chi connectivity index (χ3v) is 4.65. The molecule has 0 bridgehead atoms. The lowest BCUT2D eigenvalue weighted by atomic mass is 9.85. The van der Waals surface area contributed by atoms with E-state index in [1.54, 1.807) is 0 Å². The first-order valence-corrected chi connectivity index (χ1v) is 8.36. The predicted octanol–water partition coefficient (Wildman–Crippen LogP) is 4.19. The Kier molecular flexibility index (Phi) is 6.31. The molecule has 2 aromatic carbocycles. The van der Waals surface area contributed by atoms with Gasteiger partial charge in [-0.2, -0.15) is 0 Å². The zero-order chi connectivity index (χ0) is 17.0. The molecule has 0 saturated carbocycles. The van der Waals surface area contributed by atoms with Crippen molar-refractivity contribution in [3.8, 4) is 0 Å². The van der Waals surface area contributed by atoms with E-state index >= 15 is 0 Å². The van der Waals surface area contributed by atoms with E-state index in [-0.39, 0.29) is 0 Å². The maximum Gasteiger partial charge on any atom is 0.0468 e. The van der Waals surface area contributed by atoms with Gasteiger partial charge in [0.25, 0.3) is 0 Å². The average Bonchev–Trinajstić information content (AvgIpc) is 2.57. The number of nitrogens with zero attached hydrogens (tertiary/aromatic N) is 1. The smallest absolute Gasteiger partial charge is 0.0468 e. The Hall–Kier alpha value is -1.26. The summed E-state index contributed by atoms with van der Waals surface area (Å²) in [7, 11) is 5.56. The van der Waals surface area contributed by atoms with E-state index in [1.165, 1.54) is 23.7 Å². The van der Waals surface area contributed by atoms with Crippen molar-refractivity contribution < 1.29 is 0 Å². The largest absolute Gasteiger partial charge is 0.388 e. The van der Waals surface area contributed by atoms with Crippen molar-refractivity contribution in [2.75, 3.05) is 33.0 Å². The second-order valence-electron chi connectivity index (χ2n) is 5.58. The number of benzene rings is 2. The van der Waals surface area contributed by atoms with Crippen LogP contribution in [0.3, 0.4) is 0 Å². The molecule has 0 radical (unpaired) electrons. The molecule has 1 aliphatic heterocycles. The molecule has 0 fully saturated rings. The van der Waals surface area contributed by atoms with E-state index < -0.39 is 0 Å². The molecule has 0 aromatic heterocycles. The minimum atomic E-state index is 0.306. The first-order valence-electron chi connectivity index (χ1n) is 7.60. The lowest BCUT2D eigenvalue weighted by Crippen LogP contribution is -2.31. The van der Waals surface area contributed by atoms with Crippen LogP contribution in [0, 0.1) is 0 Å². The van der Waals surface area contributed by atoms with Gasteiger partial charge in [-0.15, -0.1) is 0 Å². The van der Waals surface area contributed by atoms with Crippen LogP contribution in [0.25, 0.3) is 0 Å². The number of hydrogen-bond acceptors (Lipinski definition) is 3. The topological polar surface area (TPSA) is 41.3 Å². The molecule has 0 saturated heterocycles. The Bertz CT molecular complexity index is 656. The van der Waals surface area contributed by atoms with Crippen LogP contribution >= 0.6 is 23.2 Å². The molecular weight excluding hydrogens is 329 g/mol. The Morgan fingerprint density at radius 2 is 1.78 bits per heavy atom. The van der Waals surface area contributed by atoms with Gasteiger partial charge in [-0.25, -0.2) is 0 Å². The Morgan fingerprint density at radius 1 is 1.13 bits per heavy atom. The van der Waals surface area contributed by atoms with E-state index in [0.29, 0.717) is 10.9 Å². The highest BCUT2D eigenvalue weighted by molar-refractivity contribution is 6.35. The van der Waals surface area contributed by atoms with Gasteiger partial charge in [-0.1, -0.05) is 35.3 Å². The number of fused-ring (bicyclic) bond motifs is 1. The molecular formula is C18H23Cl2N3. The van der Waals surface area contributed by atoms with Crippen molar-refractivity contribution in [3.05, 3.63) is 63.1 Å². The van der Waals surface area contributed by atoms with E-state index in [9.17, 15) is 0 Å². The number of halogens is 2. The molecule has 0 amide bonds. The van der Waals surface area contributed by atoms with Crippen LogP contribution in [-0.2, 0) is 6.54 Å². The predicted molar refractivity (Wildman–Crippen MR) is 101 cm³/mol. The van der Waals surface area contributed by atoms with Gasteiger partial charge < -0.3 is 16.0 Å². The first kappa shape index (κ1) is 18.1. The average molecular weight is 352 g/mol. The van der Waals surface area contributed by atoms with Gasteiger partial charge in [0.15, 0.2) is 0 Å². The van der Waals surface area contributed by atoms with Gasteiger partial charge in [-0.3, -0.25) is 0 Å². The molecule has 2 aromatic rings. The fourth-order valence-electron chi connectivity index (χ4n) is 3.01. The fourth-order valence-corrected chi connectivity index (χ4v) is 3.58. The molecule has 0 spiro atoms. The summed E-state index contributed by atoms with van der Waals surface area (Å²) in [5.41, 5.74) is 9.35. The Labute approximate surface area is 148 Å². The van der Waals surface area contributed by atoms with Crippen LogP contribution in [0.2, 0.25) is 10.0 Å². The van der Waals surface area contributed by atoms with Crippen molar-refractivity contribution >= 4 is 28.9 Å². The molecule has 23 heavy (non-hydrogen) atoms. The molecule has 3 rings (SSSR count). The highest BCUT2D eigenvalue weighted by Gasteiger charge is 2.26. The monoisotopic (exact) mass is 351 g/mol. The van der Waals surface area contributed by atoms with Gasteiger partial charge >= 0.3 is 0 Å². The van der Waals surface area contributed by atoms with Crippen LogP contribution in [-0.4, -0.2) is 32.6 Å². The number of rotatable bonds is 2. The summed E-state index contributed by atoms with van der Waals surface area (Å²) in [5.74, 6) is 0.306. The number of likely N-dealkylation sites (N-methyl/N-ethyl adjacent to an activating group) is 1. The third kappa shape index (κ3) is 3.99. The minimum Gasteiger partial charge on any atom is -0.388 e. The van der Waals surface area contributed by atoms with E-state index in [4.69, 9.17) is 23.2 Å². The van der Waals surface area contributed by atoms with Crippen LogP contribution in [0.4, 0.5) is 5.69 Å². The van der Waals surface area contributed by atoms with Crippen molar-refractivity contribution in [2.45, 2.75) is 12.5 Å². The maximum atomic E-state index is 6.39. The minimum absolute atomic E-state index is 0.306. The lowest BCUT2D eigenvalue weighted by Gasteiger charge is -2.33. The molecule has 1 atom stereocenters. The summed E-state index contributed by atoms with van der Waals surface area (Å²) in [4.78, 5) is 2.30. The van der Waals surface area contributed by atoms with Crippen LogP contribution in [0.1, 0.15) is 22.6 Å². The fraction of sp³-hybridized carbons (Fsp3) is 0.333. The van der Waals surface area contributed by atoms with Crippen LogP contribution in [0.5, 0.6) is 0 Å². The number of nitrogens with one attached hydrogen (secondary N) is 1. The van der Waals surface area contributed by atoms with E-state index in [1.807, 2.05) is 13.1 Å². The Morgan fingerprint density at radius 3 is 2.39 bits per heavy atom. The molecule has 0 aliphatic carbocycles. The summed E-state index contributed by atoms with van der Waals surface area (Å²) in [6.07, 6.45) is 0. The maximum absolute atomic E-state index is 6.39. The zero-order valence-electron chi connectivity index (χ0n) is 13.7. The van der Waals surface area contributed by atoms with E-state index in [0.717, 1.165) is 23.8 Å². The molecule has 3 N–H and O–H groups in total. The Balaban J connectivity index is 0.000000924. The molecule has 5 heteroatoms. The zero-order valence-corrected chi connectivity index (χ0v) is 15.2. The van der Waals surface area contributed by atoms with E-state index in [2.05, 4.69) is 53.3 Å². The third-order valence-electron chi connectivity index (χ3n) is 4.09. The second-order valence-corrected chi connectivity index (χ2v) is 6.42. The normalized spacial score (nSPS) is 17.0.